The second kappa shape index (κ2) is 6.83. The molecule has 0 aliphatic heterocycles. The maximum Gasteiger partial charge on any atom is 0.0911 e. The highest BCUT2D eigenvalue weighted by atomic mass is 19.1. The van der Waals surface area contributed by atoms with Crippen molar-refractivity contribution < 1.29 is 4.39 Å². The molecule has 15 heavy (non-hydrogen) atoms. The molecule has 2 nitrogen and oxygen atoms in total. The fraction of sp³-hybridized carbons (Fsp3) is 0.417. The van der Waals surface area contributed by atoms with Gasteiger partial charge in [0, 0.05) is 18.8 Å². The average Bonchev–Trinajstić information content (AvgIpc) is 2.30. The molecular weight excluding hydrogens is 191 g/mol. The Hall–Kier alpha value is -1.56. The lowest BCUT2D eigenvalue weighted by molar-refractivity contribution is 0.471. The topological polar surface area (TPSA) is 27.0 Å². The second-order valence-electron chi connectivity index (χ2n) is 3.27. The van der Waals surface area contributed by atoms with E-state index >= 15 is 0 Å². The molecule has 0 bridgehead atoms. The van der Waals surface area contributed by atoms with Crippen LogP contribution in [0.5, 0.6) is 0 Å². The predicted molar refractivity (Wildman–Crippen MR) is 59.5 cm³/mol. The Morgan fingerprint density at radius 2 is 1.93 bits per heavy atom. The van der Waals surface area contributed by atoms with E-state index in [2.05, 4.69) is 6.07 Å². The first-order chi connectivity index (χ1) is 7.38. The summed E-state index contributed by atoms with van der Waals surface area (Å²) >= 11 is 0. The summed E-state index contributed by atoms with van der Waals surface area (Å²) in [6.45, 7) is 1.03. The Kier molecular flexibility index (Phi) is 5.24. The predicted octanol–water partition coefficient (Wildman–Crippen LogP) is 2.77. The summed E-state index contributed by atoms with van der Waals surface area (Å²) in [6, 6.07) is 11.9. The third-order valence-electron chi connectivity index (χ3n) is 2.18. The third-order valence-corrected chi connectivity index (χ3v) is 2.18. The van der Waals surface area contributed by atoms with E-state index < -0.39 is 0 Å². The van der Waals surface area contributed by atoms with E-state index in [9.17, 15) is 4.39 Å². The minimum absolute atomic E-state index is 0.310. The molecule has 0 heterocycles. The Balaban J connectivity index is 2.59. The van der Waals surface area contributed by atoms with Gasteiger partial charge in [-0.05, 0) is 18.6 Å². The number of hydrogen-bond acceptors (Lipinski definition) is 2. The van der Waals surface area contributed by atoms with Crippen molar-refractivity contribution in [1.29, 1.82) is 5.26 Å². The van der Waals surface area contributed by atoms with Crippen LogP contribution in [0.2, 0.25) is 0 Å². The highest BCUT2D eigenvalue weighted by Gasteiger charge is 2.04. The monoisotopic (exact) mass is 206 g/mol. The van der Waals surface area contributed by atoms with Gasteiger partial charge in [-0.25, -0.2) is 0 Å². The van der Waals surface area contributed by atoms with Crippen LogP contribution in [0.3, 0.4) is 0 Å². The normalized spacial score (nSPS) is 9.60. The zero-order chi connectivity index (χ0) is 10.9. The van der Waals surface area contributed by atoms with Gasteiger partial charge in [0.05, 0.1) is 19.2 Å². The van der Waals surface area contributed by atoms with Crippen LogP contribution in [0.25, 0.3) is 0 Å². The summed E-state index contributed by atoms with van der Waals surface area (Å²) in [5, 5.41) is 8.54. The Bertz CT molecular complexity index is 305. The molecule has 0 N–H and O–H groups in total. The van der Waals surface area contributed by atoms with Crippen molar-refractivity contribution in [1.82, 2.24) is 0 Å². The molecule has 80 valence electrons. The van der Waals surface area contributed by atoms with E-state index in [1.54, 1.807) is 0 Å². The van der Waals surface area contributed by atoms with Gasteiger partial charge in [-0.2, -0.15) is 5.26 Å². The maximum absolute atomic E-state index is 12.1. The molecule has 0 amide bonds. The van der Waals surface area contributed by atoms with Crippen LogP contribution in [0, 0.1) is 11.3 Å². The van der Waals surface area contributed by atoms with Gasteiger partial charge in [0.1, 0.15) is 0 Å². The van der Waals surface area contributed by atoms with Crippen LogP contribution in [0.1, 0.15) is 12.8 Å². The number of alkyl halides is 1. The number of nitrogens with zero attached hydrogens (tertiary/aromatic N) is 2. The number of para-hydroxylation sites is 1. The fourth-order valence-corrected chi connectivity index (χ4v) is 1.44. The molecular formula is C12H15FN2. The van der Waals surface area contributed by atoms with Gasteiger partial charge in [0.25, 0.3) is 0 Å². The Morgan fingerprint density at radius 3 is 2.53 bits per heavy atom. The van der Waals surface area contributed by atoms with Crippen molar-refractivity contribution in [2.45, 2.75) is 12.8 Å². The molecule has 0 spiro atoms. The first-order valence-electron chi connectivity index (χ1n) is 5.11. The van der Waals surface area contributed by atoms with Gasteiger partial charge in [-0.3, -0.25) is 4.39 Å². The molecule has 0 saturated heterocycles. The van der Waals surface area contributed by atoms with E-state index in [0.29, 0.717) is 25.9 Å². The molecule has 0 atom stereocenters. The lowest BCUT2D eigenvalue weighted by Crippen LogP contribution is -2.25. The molecule has 0 aliphatic carbocycles. The van der Waals surface area contributed by atoms with E-state index in [0.717, 1.165) is 5.69 Å². The zero-order valence-corrected chi connectivity index (χ0v) is 8.69. The number of rotatable bonds is 6. The summed E-state index contributed by atoms with van der Waals surface area (Å²) < 4.78 is 12.1. The van der Waals surface area contributed by atoms with Gasteiger partial charge in [0.2, 0.25) is 0 Å². The van der Waals surface area contributed by atoms with Crippen molar-refractivity contribution in [3.8, 4) is 6.07 Å². The lowest BCUT2D eigenvalue weighted by atomic mass is 10.2. The van der Waals surface area contributed by atoms with Crippen LogP contribution in [-0.4, -0.2) is 19.8 Å². The summed E-state index contributed by atoms with van der Waals surface area (Å²) in [5.74, 6) is 0. The number of nitriles is 1. The Morgan fingerprint density at radius 1 is 1.20 bits per heavy atom. The number of hydrogen-bond donors (Lipinski definition) is 0. The van der Waals surface area contributed by atoms with Crippen molar-refractivity contribution >= 4 is 5.69 Å². The average molecular weight is 206 g/mol. The van der Waals surface area contributed by atoms with Crippen LogP contribution in [-0.2, 0) is 0 Å². The largest absolute Gasteiger partial charge is 0.370 e. The summed E-state index contributed by atoms with van der Waals surface area (Å²) in [4.78, 5) is 2.04. The van der Waals surface area contributed by atoms with Crippen LogP contribution < -0.4 is 4.90 Å². The first-order valence-corrected chi connectivity index (χ1v) is 5.11. The second-order valence-corrected chi connectivity index (χ2v) is 3.27. The molecule has 0 aliphatic rings. The third kappa shape index (κ3) is 3.99. The first kappa shape index (κ1) is 11.5. The molecule has 1 aromatic carbocycles. The van der Waals surface area contributed by atoms with Crippen molar-refractivity contribution in [3.63, 3.8) is 0 Å². The summed E-state index contributed by atoms with van der Waals surface area (Å²) in [5.41, 5.74) is 1.06. The van der Waals surface area contributed by atoms with Crippen LogP contribution in [0.4, 0.5) is 10.1 Å². The van der Waals surface area contributed by atoms with Gasteiger partial charge in [-0.1, -0.05) is 18.2 Å². The summed E-state index contributed by atoms with van der Waals surface area (Å²) in [6.07, 6.45) is 0.988. The highest BCUT2D eigenvalue weighted by Crippen LogP contribution is 2.13. The van der Waals surface area contributed by atoms with E-state index in [1.165, 1.54) is 0 Å². The summed E-state index contributed by atoms with van der Waals surface area (Å²) in [7, 11) is 0. The SMILES string of the molecule is N#CCCN(CCCF)c1ccccc1. The van der Waals surface area contributed by atoms with E-state index in [-0.39, 0.29) is 6.67 Å². The quantitative estimate of drug-likeness (QED) is 0.715. The van der Waals surface area contributed by atoms with Crippen molar-refractivity contribution in [3.05, 3.63) is 30.3 Å². The van der Waals surface area contributed by atoms with Gasteiger partial charge in [-0.15, -0.1) is 0 Å². The van der Waals surface area contributed by atoms with Crippen molar-refractivity contribution in [2.24, 2.45) is 0 Å². The van der Waals surface area contributed by atoms with E-state index in [4.69, 9.17) is 5.26 Å². The molecule has 0 fully saturated rings. The minimum Gasteiger partial charge on any atom is -0.370 e. The highest BCUT2D eigenvalue weighted by molar-refractivity contribution is 5.45. The molecule has 1 rings (SSSR count). The minimum atomic E-state index is -0.310. The molecule has 0 saturated carbocycles. The van der Waals surface area contributed by atoms with Crippen molar-refractivity contribution in [2.75, 3.05) is 24.7 Å². The fourth-order valence-electron chi connectivity index (χ4n) is 1.44. The molecule has 0 unspecified atom stereocenters. The number of benzene rings is 1. The van der Waals surface area contributed by atoms with Gasteiger partial charge >= 0.3 is 0 Å². The molecule has 0 radical (unpaired) electrons. The smallest absolute Gasteiger partial charge is 0.0911 e. The zero-order valence-electron chi connectivity index (χ0n) is 8.69. The Labute approximate surface area is 89.9 Å². The molecule has 0 aromatic heterocycles. The lowest BCUT2D eigenvalue weighted by Gasteiger charge is -2.23. The van der Waals surface area contributed by atoms with Crippen LogP contribution in [0.15, 0.2) is 30.3 Å². The standard InChI is InChI=1S/C12H15FN2/c13-8-4-10-15(11-5-9-14)12-6-2-1-3-7-12/h1-3,6-7H,4-5,8,10-11H2. The van der Waals surface area contributed by atoms with Gasteiger partial charge in [0.15, 0.2) is 0 Å². The number of anilines is 1. The molecule has 3 heteroatoms. The van der Waals surface area contributed by atoms with Crippen LogP contribution >= 0.6 is 0 Å². The number of halogens is 1. The van der Waals surface area contributed by atoms with E-state index in [1.807, 2.05) is 35.2 Å². The molecule has 1 aromatic rings. The van der Waals surface area contributed by atoms with Gasteiger partial charge < -0.3 is 4.90 Å². The maximum atomic E-state index is 12.1.